The lowest BCUT2D eigenvalue weighted by Crippen LogP contribution is -2.24. The summed E-state index contributed by atoms with van der Waals surface area (Å²) in [4.78, 5) is 16.3. The number of aryl methyl sites for hydroxylation is 1. The summed E-state index contributed by atoms with van der Waals surface area (Å²) >= 11 is 3.37. The van der Waals surface area contributed by atoms with E-state index < -0.39 is 0 Å². The maximum atomic E-state index is 12.0. The van der Waals surface area contributed by atoms with Gasteiger partial charge in [-0.3, -0.25) is 4.79 Å². The van der Waals surface area contributed by atoms with Crippen molar-refractivity contribution in [3.05, 3.63) is 45.4 Å². The number of nitrogens with zero attached hydrogens (tertiary/aromatic N) is 2. The van der Waals surface area contributed by atoms with Crippen molar-refractivity contribution in [3.8, 4) is 5.75 Å². The topological polar surface area (TPSA) is 56.1 Å². The van der Waals surface area contributed by atoms with Gasteiger partial charge in [0.15, 0.2) is 0 Å². The van der Waals surface area contributed by atoms with E-state index in [1.807, 2.05) is 12.1 Å². The van der Waals surface area contributed by atoms with E-state index in [1.165, 1.54) is 11.0 Å². The number of nitrogens with one attached hydrogen (secondary N) is 1. The Bertz CT molecular complexity index is 693. The number of pyridine rings is 2. The van der Waals surface area contributed by atoms with Gasteiger partial charge in [-0.1, -0.05) is 0 Å². The van der Waals surface area contributed by atoms with Crippen LogP contribution in [-0.2, 0) is 7.05 Å². The first-order chi connectivity index (χ1) is 10.1. The molecule has 0 spiro atoms. The molecule has 0 atom stereocenters. The Morgan fingerprint density at radius 2 is 2.24 bits per heavy atom. The molecule has 0 radical (unpaired) electrons. The van der Waals surface area contributed by atoms with Crippen LogP contribution in [0, 0.1) is 0 Å². The van der Waals surface area contributed by atoms with Crippen LogP contribution in [0.5, 0.6) is 5.75 Å². The molecular weight excluding hydrogens is 334 g/mol. The highest BCUT2D eigenvalue weighted by molar-refractivity contribution is 9.10. The van der Waals surface area contributed by atoms with Gasteiger partial charge in [0.05, 0.1) is 12.3 Å². The highest BCUT2D eigenvalue weighted by Gasteiger charge is 2.19. The van der Waals surface area contributed by atoms with Crippen molar-refractivity contribution in [2.75, 3.05) is 5.32 Å². The smallest absolute Gasteiger partial charge is 0.274 e. The number of ether oxygens (including phenoxy) is 1. The Balaban J connectivity index is 1.74. The van der Waals surface area contributed by atoms with E-state index in [2.05, 4.69) is 26.2 Å². The Hall–Kier alpha value is -1.82. The quantitative estimate of drug-likeness (QED) is 0.920. The lowest BCUT2D eigenvalue weighted by molar-refractivity contribution is 0.120. The number of hydrogen-bond acceptors (Lipinski definition) is 4. The first-order valence-corrected chi connectivity index (χ1v) is 7.67. The van der Waals surface area contributed by atoms with Crippen molar-refractivity contribution < 1.29 is 4.74 Å². The Morgan fingerprint density at radius 3 is 2.86 bits per heavy atom. The molecule has 6 heteroatoms. The molecular formula is C15H16BrN3O2. The molecule has 2 heterocycles. The molecule has 2 aromatic rings. The summed E-state index contributed by atoms with van der Waals surface area (Å²) in [5, 5.41) is 3.03. The van der Waals surface area contributed by atoms with Gasteiger partial charge in [0.1, 0.15) is 17.3 Å². The first-order valence-electron chi connectivity index (χ1n) is 6.88. The lowest BCUT2D eigenvalue weighted by atomic mass is 9.96. The molecule has 0 aromatic carbocycles. The van der Waals surface area contributed by atoms with Crippen LogP contribution >= 0.6 is 15.9 Å². The van der Waals surface area contributed by atoms with Crippen molar-refractivity contribution in [1.82, 2.24) is 9.55 Å². The number of halogens is 1. The first kappa shape index (κ1) is 14.1. The Kier molecular flexibility index (Phi) is 3.96. The minimum absolute atomic E-state index is 0.102. The third-order valence-corrected chi connectivity index (χ3v) is 3.94. The number of aromatic nitrogens is 2. The van der Waals surface area contributed by atoms with Gasteiger partial charge in [-0.2, -0.15) is 0 Å². The summed E-state index contributed by atoms with van der Waals surface area (Å²) < 4.78 is 8.10. The van der Waals surface area contributed by atoms with Gasteiger partial charge in [0.2, 0.25) is 0 Å². The number of hydrogen-bond donors (Lipinski definition) is 1. The standard InChI is InChI=1S/C15H16BrN3O2/c1-19-9-10(16)7-13(15(19)20)18-14-6-5-12(8-17-14)21-11-3-2-4-11/h5-9,11H,2-4H2,1H3,(H,17,18). The predicted octanol–water partition coefficient (Wildman–Crippen LogP) is 3.22. The minimum Gasteiger partial charge on any atom is -0.489 e. The fourth-order valence-electron chi connectivity index (χ4n) is 2.10. The zero-order chi connectivity index (χ0) is 14.8. The summed E-state index contributed by atoms with van der Waals surface area (Å²) in [5.74, 6) is 1.39. The van der Waals surface area contributed by atoms with Gasteiger partial charge < -0.3 is 14.6 Å². The third kappa shape index (κ3) is 3.26. The van der Waals surface area contributed by atoms with Crippen molar-refractivity contribution in [2.45, 2.75) is 25.4 Å². The highest BCUT2D eigenvalue weighted by atomic mass is 79.9. The van der Waals surface area contributed by atoms with Crippen LogP contribution in [0.2, 0.25) is 0 Å². The molecule has 1 aliphatic rings. The molecule has 110 valence electrons. The average Bonchev–Trinajstić information content (AvgIpc) is 2.41. The third-order valence-electron chi connectivity index (χ3n) is 3.50. The molecule has 3 rings (SSSR count). The molecule has 1 saturated carbocycles. The monoisotopic (exact) mass is 349 g/mol. The van der Waals surface area contributed by atoms with Gasteiger partial charge in [0.25, 0.3) is 5.56 Å². The molecule has 1 N–H and O–H groups in total. The Morgan fingerprint density at radius 1 is 1.43 bits per heavy atom. The van der Waals surface area contributed by atoms with Crippen molar-refractivity contribution in [3.63, 3.8) is 0 Å². The second kappa shape index (κ2) is 5.89. The van der Waals surface area contributed by atoms with E-state index in [0.717, 1.165) is 23.1 Å². The molecule has 1 fully saturated rings. The van der Waals surface area contributed by atoms with Gasteiger partial charge in [-0.05, 0) is 53.4 Å². The highest BCUT2D eigenvalue weighted by Crippen LogP contribution is 2.25. The molecule has 0 amide bonds. The number of anilines is 2. The molecule has 1 aliphatic carbocycles. The summed E-state index contributed by atoms with van der Waals surface area (Å²) in [6.07, 6.45) is 7.22. The van der Waals surface area contributed by atoms with Crippen LogP contribution in [0.15, 0.2) is 39.9 Å². The maximum Gasteiger partial charge on any atom is 0.274 e. The summed E-state index contributed by atoms with van der Waals surface area (Å²) in [7, 11) is 1.71. The fourth-order valence-corrected chi connectivity index (χ4v) is 2.64. The van der Waals surface area contributed by atoms with E-state index in [9.17, 15) is 4.79 Å². The SMILES string of the molecule is Cn1cc(Br)cc(Nc2ccc(OC3CCC3)cn2)c1=O. The van der Waals surface area contributed by atoms with Crippen molar-refractivity contribution >= 4 is 27.4 Å². The molecule has 21 heavy (non-hydrogen) atoms. The average molecular weight is 350 g/mol. The van der Waals surface area contributed by atoms with Crippen LogP contribution in [0.25, 0.3) is 0 Å². The van der Waals surface area contributed by atoms with Crippen LogP contribution in [0.1, 0.15) is 19.3 Å². The Labute approximate surface area is 131 Å². The number of rotatable bonds is 4. The fraction of sp³-hybridized carbons (Fsp3) is 0.333. The van der Waals surface area contributed by atoms with Crippen molar-refractivity contribution in [1.29, 1.82) is 0 Å². The lowest BCUT2D eigenvalue weighted by Gasteiger charge is -2.26. The van der Waals surface area contributed by atoms with E-state index in [0.29, 0.717) is 17.6 Å². The van der Waals surface area contributed by atoms with Crippen LogP contribution in [0.3, 0.4) is 0 Å². The molecule has 2 aromatic heterocycles. The normalized spacial score (nSPS) is 14.6. The summed E-state index contributed by atoms with van der Waals surface area (Å²) in [5.41, 5.74) is 0.377. The summed E-state index contributed by atoms with van der Waals surface area (Å²) in [6.45, 7) is 0. The van der Waals surface area contributed by atoms with Crippen molar-refractivity contribution in [2.24, 2.45) is 7.05 Å². The van der Waals surface area contributed by atoms with Gasteiger partial charge in [0, 0.05) is 17.7 Å². The summed E-state index contributed by atoms with van der Waals surface area (Å²) in [6, 6.07) is 5.42. The van der Waals surface area contributed by atoms with E-state index in [-0.39, 0.29) is 5.56 Å². The van der Waals surface area contributed by atoms with Crippen LogP contribution < -0.4 is 15.6 Å². The molecule has 5 nitrogen and oxygen atoms in total. The van der Waals surface area contributed by atoms with Crippen LogP contribution in [0.4, 0.5) is 11.5 Å². The zero-order valence-electron chi connectivity index (χ0n) is 11.7. The van der Waals surface area contributed by atoms with Crippen LogP contribution in [-0.4, -0.2) is 15.7 Å². The largest absolute Gasteiger partial charge is 0.489 e. The molecule has 0 unspecified atom stereocenters. The van der Waals surface area contributed by atoms with E-state index >= 15 is 0 Å². The minimum atomic E-state index is -0.102. The van der Waals surface area contributed by atoms with Gasteiger partial charge in [-0.25, -0.2) is 4.98 Å². The zero-order valence-corrected chi connectivity index (χ0v) is 13.3. The van der Waals surface area contributed by atoms with Gasteiger partial charge in [-0.15, -0.1) is 0 Å². The molecule has 0 saturated heterocycles. The van der Waals surface area contributed by atoms with E-state index in [1.54, 1.807) is 25.5 Å². The second-order valence-electron chi connectivity index (χ2n) is 5.16. The van der Waals surface area contributed by atoms with Gasteiger partial charge >= 0.3 is 0 Å². The maximum absolute atomic E-state index is 12.0. The second-order valence-corrected chi connectivity index (χ2v) is 6.08. The van der Waals surface area contributed by atoms with E-state index in [4.69, 9.17) is 4.74 Å². The molecule has 0 aliphatic heterocycles. The predicted molar refractivity (Wildman–Crippen MR) is 85.2 cm³/mol. The molecule has 0 bridgehead atoms.